The Bertz CT molecular complexity index is 725. The van der Waals surface area contributed by atoms with E-state index in [1.165, 1.54) is 7.11 Å². The number of ether oxygens (including phenoxy) is 1. The number of rotatable bonds is 4. The van der Waals surface area contributed by atoms with E-state index in [1.54, 1.807) is 31.2 Å². The minimum absolute atomic E-state index is 0.342. The molecule has 2 N–H and O–H groups in total. The highest BCUT2D eigenvalue weighted by atomic mass is 16.5. The van der Waals surface area contributed by atoms with Crippen molar-refractivity contribution in [2.24, 2.45) is 5.92 Å². The summed E-state index contributed by atoms with van der Waals surface area (Å²) < 4.78 is 4.70. The maximum atomic E-state index is 12.0. The summed E-state index contributed by atoms with van der Waals surface area (Å²) in [5.41, 5.74) is 1.34. The van der Waals surface area contributed by atoms with Crippen molar-refractivity contribution >= 4 is 5.97 Å². The highest BCUT2D eigenvalue weighted by Crippen LogP contribution is 2.32. The molecule has 2 atom stereocenters. The quantitative estimate of drug-likeness (QED) is 0.831. The molecular weight excluding hydrogens is 270 g/mol. The third-order valence-electron chi connectivity index (χ3n) is 3.41. The Balaban J connectivity index is 2.64. The van der Waals surface area contributed by atoms with Crippen molar-refractivity contribution in [1.29, 1.82) is 5.26 Å². The van der Waals surface area contributed by atoms with E-state index in [4.69, 9.17) is 4.74 Å². The molecule has 1 heterocycles. The SMILES string of the molecule is COC(=O)C(C#N)C(c1ccccc1)c1c(C)[nH][nH]c1=O. The van der Waals surface area contributed by atoms with Gasteiger partial charge in [0.25, 0.3) is 5.56 Å². The van der Waals surface area contributed by atoms with Gasteiger partial charge in [0.05, 0.1) is 13.2 Å². The molecular formula is C15H15N3O3. The van der Waals surface area contributed by atoms with Crippen LogP contribution >= 0.6 is 0 Å². The Hall–Kier alpha value is -2.81. The zero-order valence-electron chi connectivity index (χ0n) is 11.7. The zero-order valence-corrected chi connectivity index (χ0v) is 11.7. The first-order valence-corrected chi connectivity index (χ1v) is 6.39. The van der Waals surface area contributed by atoms with Crippen LogP contribution in [0.3, 0.4) is 0 Å². The lowest BCUT2D eigenvalue weighted by Crippen LogP contribution is -2.27. The number of aryl methyl sites for hydroxylation is 1. The number of aromatic nitrogens is 2. The maximum Gasteiger partial charge on any atom is 0.324 e. The number of methoxy groups -OCH3 is 1. The van der Waals surface area contributed by atoms with Crippen molar-refractivity contribution in [3.63, 3.8) is 0 Å². The molecule has 0 radical (unpaired) electrons. The number of carbonyl (C=O) groups is 1. The van der Waals surface area contributed by atoms with Crippen LogP contribution in [0.4, 0.5) is 0 Å². The summed E-state index contributed by atoms with van der Waals surface area (Å²) in [7, 11) is 1.23. The summed E-state index contributed by atoms with van der Waals surface area (Å²) in [5.74, 6) is -2.43. The molecule has 0 spiro atoms. The number of hydrogen-bond acceptors (Lipinski definition) is 4. The van der Waals surface area contributed by atoms with Gasteiger partial charge in [-0.1, -0.05) is 30.3 Å². The van der Waals surface area contributed by atoms with E-state index in [1.807, 2.05) is 12.1 Å². The van der Waals surface area contributed by atoms with E-state index in [9.17, 15) is 14.9 Å². The van der Waals surface area contributed by atoms with Crippen LogP contribution < -0.4 is 5.56 Å². The van der Waals surface area contributed by atoms with E-state index < -0.39 is 17.8 Å². The Labute approximate surface area is 121 Å². The van der Waals surface area contributed by atoms with Crippen molar-refractivity contribution < 1.29 is 9.53 Å². The zero-order chi connectivity index (χ0) is 15.4. The van der Waals surface area contributed by atoms with Crippen molar-refractivity contribution in [3.05, 3.63) is 57.5 Å². The maximum absolute atomic E-state index is 12.0. The number of aromatic amines is 2. The topological polar surface area (TPSA) is 98.7 Å². The van der Waals surface area contributed by atoms with Crippen molar-refractivity contribution in [2.75, 3.05) is 7.11 Å². The first kappa shape index (κ1) is 14.6. The van der Waals surface area contributed by atoms with Gasteiger partial charge in [-0.3, -0.25) is 14.7 Å². The summed E-state index contributed by atoms with van der Waals surface area (Å²) in [5, 5.41) is 14.6. The highest BCUT2D eigenvalue weighted by Gasteiger charge is 2.35. The predicted octanol–water partition coefficient (Wildman–Crippen LogP) is 1.46. The van der Waals surface area contributed by atoms with Gasteiger partial charge in [-0.15, -0.1) is 0 Å². The molecule has 6 nitrogen and oxygen atoms in total. The molecule has 0 fully saturated rings. The number of nitriles is 1. The van der Waals surface area contributed by atoms with Crippen LogP contribution in [0.25, 0.3) is 0 Å². The van der Waals surface area contributed by atoms with Gasteiger partial charge < -0.3 is 9.84 Å². The van der Waals surface area contributed by atoms with Crippen LogP contribution in [-0.2, 0) is 9.53 Å². The Morgan fingerprint density at radius 3 is 2.43 bits per heavy atom. The van der Waals surface area contributed by atoms with Crippen molar-refractivity contribution in [1.82, 2.24) is 10.2 Å². The van der Waals surface area contributed by atoms with Gasteiger partial charge >= 0.3 is 5.97 Å². The lowest BCUT2D eigenvalue weighted by Gasteiger charge is -2.20. The summed E-state index contributed by atoms with van der Waals surface area (Å²) in [6, 6.07) is 10.9. The summed E-state index contributed by atoms with van der Waals surface area (Å²) >= 11 is 0. The van der Waals surface area contributed by atoms with Crippen LogP contribution in [0.1, 0.15) is 22.7 Å². The number of hydrogen-bond donors (Lipinski definition) is 2. The van der Waals surface area contributed by atoms with Crippen LogP contribution in [0.15, 0.2) is 35.1 Å². The van der Waals surface area contributed by atoms with E-state index in [-0.39, 0.29) is 5.56 Å². The molecule has 2 unspecified atom stereocenters. The number of nitrogens with one attached hydrogen (secondary N) is 2. The van der Waals surface area contributed by atoms with Crippen molar-refractivity contribution in [3.8, 4) is 6.07 Å². The fourth-order valence-electron chi connectivity index (χ4n) is 2.41. The van der Waals surface area contributed by atoms with Crippen molar-refractivity contribution in [2.45, 2.75) is 12.8 Å². The molecule has 108 valence electrons. The molecule has 2 rings (SSSR count). The molecule has 1 aromatic heterocycles. The summed E-state index contributed by atoms with van der Waals surface area (Å²) in [4.78, 5) is 23.9. The Morgan fingerprint density at radius 1 is 1.29 bits per heavy atom. The largest absolute Gasteiger partial charge is 0.468 e. The summed E-state index contributed by atoms with van der Waals surface area (Å²) in [6.45, 7) is 1.72. The first-order valence-electron chi connectivity index (χ1n) is 6.39. The molecule has 0 bridgehead atoms. The monoisotopic (exact) mass is 285 g/mol. The molecule has 0 aliphatic carbocycles. The van der Waals surface area contributed by atoms with E-state index in [0.717, 1.165) is 0 Å². The van der Waals surface area contributed by atoms with Gasteiger partial charge in [0, 0.05) is 17.2 Å². The van der Waals surface area contributed by atoms with Gasteiger partial charge in [-0.2, -0.15) is 5.26 Å². The standard InChI is InChI=1S/C15H15N3O3/c1-9-12(14(19)18-17-9)13(10-6-4-3-5-7-10)11(8-16)15(20)21-2/h3-7,11,13H,1-2H3,(H2,17,18,19). The Morgan fingerprint density at radius 2 is 1.95 bits per heavy atom. The molecule has 2 aromatic rings. The Kier molecular flexibility index (Phi) is 4.24. The number of H-pyrrole nitrogens is 2. The molecule has 0 aliphatic rings. The minimum atomic E-state index is -1.09. The average molecular weight is 285 g/mol. The number of esters is 1. The second kappa shape index (κ2) is 6.09. The van der Waals surface area contributed by atoms with Crippen LogP contribution in [0, 0.1) is 24.2 Å². The molecule has 21 heavy (non-hydrogen) atoms. The fraction of sp³-hybridized carbons (Fsp3) is 0.267. The second-order valence-electron chi connectivity index (χ2n) is 4.64. The van der Waals surface area contributed by atoms with Gasteiger partial charge in [-0.25, -0.2) is 0 Å². The molecule has 0 saturated carbocycles. The molecule has 1 aromatic carbocycles. The van der Waals surface area contributed by atoms with E-state index in [0.29, 0.717) is 16.8 Å². The van der Waals surface area contributed by atoms with E-state index in [2.05, 4.69) is 10.2 Å². The van der Waals surface area contributed by atoms with Gasteiger partial charge in [-0.05, 0) is 12.5 Å². The normalized spacial score (nSPS) is 13.2. The third kappa shape index (κ3) is 2.72. The molecule has 6 heteroatoms. The smallest absolute Gasteiger partial charge is 0.324 e. The fourth-order valence-corrected chi connectivity index (χ4v) is 2.41. The number of nitrogens with zero attached hydrogens (tertiary/aromatic N) is 1. The lowest BCUT2D eigenvalue weighted by molar-refractivity contribution is -0.143. The third-order valence-corrected chi connectivity index (χ3v) is 3.41. The number of benzene rings is 1. The first-order chi connectivity index (χ1) is 10.1. The van der Waals surface area contributed by atoms with Gasteiger partial charge in [0.2, 0.25) is 0 Å². The lowest BCUT2D eigenvalue weighted by atomic mass is 9.81. The van der Waals surface area contributed by atoms with Gasteiger partial charge in [0.1, 0.15) is 0 Å². The van der Waals surface area contributed by atoms with Crippen LogP contribution in [-0.4, -0.2) is 23.3 Å². The summed E-state index contributed by atoms with van der Waals surface area (Å²) in [6.07, 6.45) is 0. The van der Waals surface area contributed by atoms with Crippen LogP contribution in [0.5, 0.6) is 0 Å². The molecule has 0 saturated heterocycles. The van der Waals surface area contributed by atoms with Gasteiger partial charge in [0.15, 0.2) is 5.92 Å². The molecule has 0 amide bonds. The highest BCUT2D eigenvalue weighted by molar-refractivity contribution is 5.77. The average Bonchev–Trinajstić information content (AvgIpc) is 2.84. The second-order valence-corrected chi connectivity index (χ2v) is 4.64. The minimum Gasteiger partial charge on any atom is -0.468 e. The number of carbonyl (C=O) groups excluding carboxylic acids is 1. The predicted molar refractivity (Wildman–Crippen MR) is 75.6 cm³/mol. The molecule has 0 aliphatic heterocycles. The van der Waals surface area contributed by atoms with Crippen LogP contribution in [0.2, 0.25) is 0 Å². The van der Waals surface area contributed by atoms with E-state index >= 15 is 0 Å².